The first-order valence-corrected chi connectivity index (χ1v) is 6.82. The van der Waals surface area contributed by atoms with E-state index < -0.39 is 0 Å². The van der Waals surface area contributed by atoms with E-state index in [9.17, 15) is 0 Å². The van der Waals surface area contributed by atoms with Crippen molar-refractivity contribution < 1.29 is 0 Å². The van der Waals surface area contributed by atoms with Gasteiger partial charge in [-0.2, -0.15) is 5.10 Å². The van der Waals surface area contributed by atoms with Crippen molar-refractivity contribution in [2.24, 2.45) is 5.92 Å². The number of rotatable bonds is 7. The molecular weight excluding hydrogens is 210 g/mol. The van der Waals surface area contributed by atoms with Gasteiger partial charge in [0.15, 0.2) is 0 Å². The molecule has 0 aromatic carbocycles. The molecule has 0 saturated carbocycles. The summed E-state index contributed by atoms with van der Waals surface area (Å²) in [5.74, 6) is 0.699. The monoisotopic (exact) mass is 237 g/mol. The Morgan fingerprint density at radius 2 is 2.00 bits per heavy atom. The highest BCUT2D eigenvalue weighted by molar-refractivity contribution is 5.18. The van der Waals surface area contributed by atoms with Gasteiger partial charge in [-0.05, 0) is 32.7 Å². The topological polar surface area (TPSA) is 29.9 Å². The highest BCUT2D eigenvalue weighted by Gasteiger charge is 2.11. The molecule has 17 heavy (non-hydrogen) atoms. The van der Waals surface area contributed by atoms with Crippen molar-refractivity contribution in [1.29, 1.82) is 0 Å². The molecule has 0 atom stereocenters. The van der Waals surface area contributed by atoms with Gasteiger partial charge in [-0.15, -0.1) is 0 Å². The van der Waals surface area contributed by atoms with Crippen LogP contribution in [0.2, 0.25) is 0 Å². The van der Waals surface area contributed by atoms with Crippen LogP contribution in [0.15, 0.2) is 6.20 Å². The number of nitrogens with zero attached hydrogens (tertiary/aromatic N) is 2. The molecule has 98 valence electrons. The van der Waals surface area contributed by atoms with Crippen molar-refractivity contribution in [1.82, 2.24) is 15.1 Å². The molecule has 0 radical (unpaired) electrons. The molecule has 0 aliphatic carbocycles. The van der Waals surface area contributed by atoms with Crippen molar-refractivity contribution in [3.63, 3.8) is 0 Å². The largest absolute Gasteiger partial charge is 0.312 e. The molecule has 0 spiro atoms. The molecule has 0 amide bonds. The van der Waals surface area contributed by atoms with Crippen LogP contribution in [0, 0.1) is 5.92 Å². The lowest BCUT2D eigenvalue weighted by molar-refractivity contribution is 0.503. The second-order valence-electron chi connectivity index (χ2n) is 5.43. The maximum atomic E-state index is 4.51. The number of aromatic nitrogens is 2. The molecule has 1 rings (SSSR count). The summed E-state index contributed by atoms with van der Waals surface area (Å²) in [5, 5.41) is 8.01. The molecule has 0 bridgehead atoms. The van der Waals surface area contributed by atoms with Gasteiger partial charge in [-0.1, -0.05) is 27.2 Å². The van der Waals surface area contributed by atoms with Crippen molar-refractivity contribution in [3.05, 3.63) is 17.5 Å². The smallest absolute Gasteiger partial charge is 0.0537 e. The van der Waals surface area contributed by atoms with E-state index in [2.05, 4.69) is 49.7 Å². The standard InChI is InChI=1S/C14H27N3/c1-6-7-14-13(9-15-8-11(2)3)10-16-17(14)12(4)5/h10-12,15H,6-9H2,1-5H3. The molecule has 0 aliphatic heterocycles. The molecule has 0 aliphatic rings. The fourth-order valence-corrected chi connectivity index (χ4v) is 2.02. The third-order valence-electron chi connectivity index (χ3n) is 2.83. The van der Waals surface area contributed by atoms with Crippen LogP contribution in [-0.4, -0.2) is 16.3 Å². The minimum absolute atomic E-state index is 0.454. The third kappa shape index (κ3) is 4.15. The predicted octanol–water partition coefficient (Wildman–Crippen LogP) is 3.16. The second kappa shape index (κ2) is 6.80. The van der Waals surface area contributed by atoms with E-state index in [0.717, 1.165) is 19.5 Å². The van der Waals surface area contributed by atoms with E-state index in [1.54, 1.807) is 0 Å². The van der Waals surface area contributed by atoms with E-state index in [4.69, 9.17) is 0 Å². The third-order valence-corrected chi connectivity index (χ3v) is 2.83. The molecule has 1 aromatic rings. The van der Waals surface area contributed by atoms with Crippen LogP contribution in [0.4, 0.5) is 0 Å². The summed E-state index contributed by atoms with van der Waals surface area (Å²) >= 11 is 0. The van der Waals surface area contributed by atoms with Gasteiger partial charge >= 0.3 is 0 Å². The number of hydrogen-bond acceptors (Lipinski definition) is 2. The second-order valence-corrected chi connectivity index (χ2v) is 5.43. The van der Waals surface area contributed by atoms with Crippen LogP contribution in [-0.2, 0) is 13.0 Å². The molecule has 3 heteroatoms. The molecule has 0 fully saturated rings. The molecule has 1 N–H and O–H groups in total. The van der Waals surface area contributed by atoms with E-state index in [1.165, 1.54) is 17.7 Å². The Kier molecular flexibility index (Phi) is 5.69. The summed E-state index contributed by atoms with van der Waals surface area (Å²) in [6.45, 7) is 13.1. The van der Waals surface area contributed by atoms with Crippen LogP contribution < -0.4 is 5.32 Å². The molecular formula is C14H27N3. The molecule has 1 heterocycles. The number of hydrogen-bond donors (Lipinski definition) is 1. The summed E-state index contributed by atoms with van der Waals surface area (Å²) < 4.78 is 2.16. The summed E-state index contributed by atoms with van der Waals surface area (Å²) in [6.07, 6.45) is 4.32. The van der Waals surface area contributed by atoms with Gasteiger partial charge in [0.1, 0.15) is 0 Å². The minimum Gasteiger partial charge on any atom is -0.312 e. The summed E-state index contributed by atoms with van der Waals surface area (Å²) in [6, 6.07) is 0.454. The normalized spacial score (nSPS) is 11.7. The maximum absolute atomic E-state index is 4.51. The van der Waals surface area contributed by atoms with Crippen LogP contribution in [0.25, 0.3) is 0 Å². The zero-order valence-electron chi connectivity index (χ0n) is 12.0. The van der Waals surface area contributed by atoms with Crippen molar-refractivity contribution >= 4 is 0 Å². The molecule has 0 saturated heterocycles. The van der Waals surface area contributed by atoms with Gasteiger partial charge < -0.3 is 5.32 Å². The first-order chi connectivity index (χ1) is 8.06. The van der Waals surface area contributed by atoms with Gasteiger partial charge in [0.25, 0.3) is 0 Å². The first-order valence-electron chi connectivity index (χ1n) is 6.82. The highest BCUT2D eigenvalue weighted by Crippen LogP contribution is 2.15. The Bertz CT molecular complexity index is 326. The average Bonchev–Trinajstić information content (AvgIpc) is 2.62. The Balaban J connectivity index is 2.70. The Labute approximate surface area is 106 Å². The first kappa shape index (κ1) is 14.2. The fourth-order valence-electron chi connectivity index (χ4n) is 2.02. The molecule has 0 unspecified atom stereocenters. The van der Waals surface area contributed by atoms with Gasteiger partial charge in [0.05, 0.1) is 6.20 Å². The Hall–Kier alpha value is -0.830. The average molecular weight is 237 g/mol. The van der Waals surface area contributed by atoms with E-state index >= 15 is 0 Å². The zero-order chi connectivity index (χ0) is 12.8. The zero-order valence-corrected chi connectivity index (χ0v) is 12.0. The van der Waals surface area contributed by atoms with Crippen molar-refractivity contribution in [2.45, 2.75) is 60.0 Å². The lowest BCUT2D eigenvalue weighted by atomic mass is 10.1. The fraction of sp³-hybridized carbons (Fsp3) is 0.786. The predicted molar refractivity (Wildman–Crippen MR) is 73.2 cm³/mol. The Morgan fingerprint density at radius 1 is 1.29 bits per heavy atom. The SMILES string of the molecule is CCCc1c(CNCC(C)C)cnn1C(C)C. The van der Waals surface area contributed by atoms with Crippen LogP contribution in [0.5, 0.6) is 0 Å². The summed E-state index contributed by atoms with van der Waals surface area (Å²) in [4.78, 5) is 0. The van der Waals surface area contributed by atoms with Crippen molar-refractivity contribution in [2.75, 3.05) is 6.54 Å². The lowest BCUT2D eigenvalue weighted by Gasteiger charge is -2.13. The molecule has 3 nitrogen and oxygen atoms in total. The molecule has 1 aromatic heterocycles. The van der Waals surface area contributed by atoms with E-state index in [1.807, 2.05) is 6.20 Å². The Morgan fingerprint density at radius 3 is 2.53 bits per heavy atom. The van der Waals surface area contributed by atoms with Gasteiger partial charge in [-0.3, -0.25) is 4.68 Å². The van der Waals surface area contributed by atoms with Crippen LogP contribution in [0.1, 0.15) is 58.3 Å². The highest BCUT2D eigenvalue weighted by atomic mass is 15.3. The summed E-state index contributed by atoms with van der Waals surface area (Å²) in [5.41, 5.74) is 2.76. The van der Waals surface area contributed by atoms with E-state index in [0.29, 0.717) is 12.0 Å². The maximum Gasteiger partial charge on any atom is 0.0537 e. The van der Waals surface area contributed by atoms with Gasteiger partial charge in [0.2, 0.25) is 0 Å². The van der Waals surface area contributed by atoms with E-state index in [-0.39, 0.29) is 0 Å². The lowest BCUT2D eigenvalue weighted by Crippen LogP contribution is -2.20. The summed E-state index contributed by atoms with van der Waals surface area (Å²) in [7, 11) is 0. The minimum atomic E-state index is 0.454. The van der Waals surface area contributed by atoms with Gasteiger partial charge in [-0.25, -0.2) is 0 Å². The van der Waals surface area contributed by atoms with Crippen molar-refractivity contribution in [3.8, 4) is 0 Å². The van der Waals surface area contributed by atoms with Gasteiger partial charge in [0, 0.05) is 23.8 Å². The van der Waals surface area contributed by atoms with Crippen LogP contribution >= 0.6 is 0 Å². The van der Waals surface area contributed by atoms with Crippen LogP contribution in [0.3, 0.4) is 0 Å². The number of nitrogens with one attached hydrogen (secondary N) is 1. The quantitative estimate of drug-likeness (QED) is 0.789.